The summed E-state index contributed by atoms with van der Waals surface area (Å²) in [5.74, 6) is -6.00. The minimum Gasteiger partial charge on any atom is -0.508 e. The first kappa shape index (κ1) is 36.7. The van der Waals surface area contributed by atoms with Gasteiger partial charge in [-0.15, -0.1) is 0 Å². The Hall–Kier alpha value is -4.35. The number of carboxylic acids is 2. The molecule has 0 radical (unpaired) electrons. The zero-order chi connectivity index (χ0) is 32.9. The van der Waals surface area contributed by atoms with Crippen molar-refractivity contribution in [1.82, 2.24) is 0 Å². The molecule has 16 nitrogen and oxygen atoms in total. The van der Waals surface area contributed by atoms with Gasteiger partial charge in [-0.1, -0.05) is 12.8 Å². The number of benzene rings is 2. The molecule has 0 amide bonds. The number of hydrogen-bond acceptors (Lipinski definition) is 14. The van der Waals surface area contributed by atoms with Crippen LogP contribution in [0.15, 0.2) is 24.3 Å². The van der Waals surface area contributed by atoms with Crippen molar-refractivity contribution in [3.05, 3.63) is 35.4 Å². The Bertz CT molecular complexity index is 1220. The third-order valence-corrected chi connectivity index (χ3v) is 6.16. The predicted octanol–water partition coefficient (Wildman–Crippen LogP) is -0.0535. The first-order valence-electron chi connectivity index (χ1n) is 13.2. The van der Waals surface area contributed by atoms with Gasteiger partial charge < -0.3 is 68.5 Å². The Morgan fingerprint density at radius 1 is 0.791 bits per heavy atom. The number of phenolic OH excluding ortho intramolecular Hbond substituents is 5. The molecule has 0 aromatic heterocycles. The van der Waals surface area contributed by atoms with Crippen molar-refractivity contribution in [1.29, 1.82) is 0 Å². The van der Waals surface area contributed by atoms with Crippen molar-refractivity contribution in [3.63, 3.8) is 0 Å². The molecule has 0 aliphatic carbocycles. The van der Waals surface area contributed by atoms with Crippen LogP contribution < -0.4 is 27.7 Å². The number of ether oxygens (including phenoxy) is 1. The summed E-state index contributed by atoms with van der Waals surface area (Å²) in [4.78, 5) is 32.5. The van der Waals surface area contributed by atoms with Gasteiger partial charge in [0, 0.05) is 17.7 Å². The van der Waals surface area contributed by atoms with Gasteiger partial charge in [0.25, 0.3) is 0 Å². The first-order valence-corrected chi connectivity index (χ1v) is 13.2. The van der Waals surface area contributed by atoms with E-state index in [0.29, 0.717) is 25.9 Å². The van der Waals surface area contributed by atoms with Crippen LogP contribution in [0, 0.1) is 0 Å². The molecule has 2 aromatic rings. The number of aliphatic hydroxyl groups excluding tert-OH is 1. The topological polar surface area (TPSA) is 326 Å². The SMILES string of the molecule is NCCCC[C@H](N)C(=O)O.NCCCC[C@H](N)C(=O)O.O=C1c2c(O)cc(O)cc2O[C@H](c2ccc(O)c(O)c2O)[C@H]1O. The van der Waals surface area contributed by atoms with E-state index in [4.69, 9.17) is 37.9 Å². The van der Waals surface area contributed by atoms with E-state index in [-0.39, 0.29) is 22.6 Å². The maximum Gasteiger partial charge on any atom is 0.320 e. The summed E-state index contributed by atoms with van der Waals surface area (Å²) < 4.78 is 5.39. The predicted molar refractivity (Wildman–Crippen MR) is 152 cm³/mol. The van der Waals surface area contributed by atoms with Crippen molar-refractivity contribution < 1.29 is 60.0 Å². The van der Waals surface area contributed by atoms with E-state index in [9.17, 15) is 45.0 Å². The average Bonchev–Trinajstić information content (AvgIpc) is 2.94. The number of carbonyl (C=O) groups excluding carboxylic acids is 1. The normalized spacial score (nSPS) is 16.7. The van der Waals surface area contributed by atoms with Gasteiger partial charge in [-0.2, -0.15) is 0 Å². The third-order valence-electron chi connectivity index (χ3n) is 6.16. The van der Waals surface area contributed by atoms with E-state index >= 15 is 0 Å². The number of nitrogens with two attached hydrogens (primary N) is 4. The summed E-state index contributed by atoms with van der Waals surface area (Å²) >= 11 is 0. The molecule has 43 heavy (non-hydrogen) atoms. The largest absolute Gasteiger partial charge is 0.508 e. The summed E-state index contributed by atoms with van der Waals surface area (Å²) in [6, 6.07) is 2.79. The monoisotopic (exact) mass is 612 g/mol. The van der Waals surface area contributed by atoms with Crippen LogP contribution in [0.5, 0.6) is 34.5 Å². The Labute approximate surface area is 246 Å². The Kier molecular flexibility index (Phi) is 15.0. The number of phenols is 5. The summed E-state index contributed by atoms with van der Waals surface area (Å²) in [6.45, 7) is 1.21. The van der Waals surface area contributed by atoms with Crippen LogP contribution in [0.1, 0.15) is 60.6 Å². The van der Waals surface area contributed by atoms with Crippen LogP contribution in [0.25, 0.3) is 0 Å². The highest BCUT2D eigenvalue weighted by atomic mass is 16.5. The van der Waals surface area contributed by atoms with Crippen LogP contribution >= 0.6 is 0 Å². The fourth-order valence-corrected chi connectivity index (χ4v) is 3.73. The molecular formula is C27H40N4O12. The number of Topliss-reactive ketones (excluding diaryl/α,β-unsaturated/α-hetero) is 1. The first-order chi connectivity index (χ1) is 20.2. The molecule has 0 bridgehead atoms. The molecule has 16 N–H and O–H groups in total. The van der Waals surface area contributed by atoms with Crippen molar-refractivity contribution in [2.45, 2.75) is 62.8 Å². The molecule has 240 valence electrons. The molecule has 0 unspecified atom stereocenters. The number of carbonyl (C=O) groups is 3. The number of ketones is 1. The molecular weight excluding hydrogens is 572 g/mol. The Morgan fingerprint density at radius 3 is 1.77 bits per heavy atom. The number of aliphatic carboxylic acids is 2. The van der Waals surface area contributed by atoms with Crippen molar-refractivity contribution in [3.8, 4) is 34.5 Å². The number of hydrogen-bond donors (Lipinski definition) is 12. The van der Waals surface area contributed by atoms with Crippen molar-refractivity contribution in [2.24, 2.45) is 22.9 Å². The van der Waals surface area contributed by atoms with E-state index in [1.807, 2.05) is 0 Å². The number of aliphatic hydroxyl groups is 1. The lowest BCUT2D eigenvalue weighted by atomic mass is 9.92. The number of fused-ring (bicyclic) bond motifs is 1. The molecule has 1 heterocycles. The lowest BCUT2D eigenvalue weighted by molar-refractivity contribution is -0.139. The summed E-state index contributed by atoms with van der Waals surface area (Å²) in [5.41, 5.74) is 20.4. The van der Waals surface area contributed by atoms with Crippen LogP contribution in [-0.2, 0) is 9.59 Å². The number of rotatable bonds is 11. The summed E-state index contributed by atoms with van der Waals surface area (Å²) in [5, 5.41) is 74.7. The molecule has 0 saturated heterocycles. The maximum atomic E-state index is 12.2. The quantitative estimate of drug-likeness (QED) is 0.117. The van der Waals surface area contributed by atoms with Gasteiger partial charge in [0.15, 0.2) is 23.7 Å². The lowest BCUT2D eigenvalue weighted by Gasteiger charge is -2.30. The second kappa shape index (κ2) is 17.6. The molecule has 0 saturated carbocycles. The fourth-order valence-electron chi connectivity index (χ4n) is 3.73. The van der Waals surface area contributed by atoms with Crippen LogP contribution in [-0.4, -0.2) is 89.9 Å². The molecule has 0 fully saturated rings. The van der Waals surface area contributed by atoms with Crippen LogP contribution in [0.2, 0.25) is 0 Å². The van der Waals surface area contributed by atoms with Crippen LogP contribution in [0.4, 0.5) is 0 Å². The minimum atomic E-state index is -1.77. The Balaban J connectivity index is 0.000000386. The van der Waals surface area contributed by atoms with Gasteiger partial charge in [0.05, 0.1) is 0 Å². The standard InChI is InChI=1S/C15H12O8.2C6H14N2O2/c16-5-3-8(18)10-9(4-5)23-15(14(22)13(10)21)6-1-2-7(17)12(20)11(6)19;2*7-4-2-1-3-5(8)6(9)10/h1-4,14-20,22H;2*5H,1-4,7-8H2,(H,9,10)/t14-,15+;2*5-/m000/s1. The van der Waals surface area contributed by atoms with Gasteiger partial charge in [-0.25, -0.2) is 0 Å². The number of unbranched alkanes of at least 4 members (excludes halogenated alkanes) is 2. The molecule has 16 heteroatoms. The molecule has 0 spiro atoms. The summed E-state index contributed by atoms with van der Waals surface area (Å²) in [7, 11) is 0. The molecule has 1 aliphatic heterocycles. The summed E-state index contributed by atoms with van der Waals surface area (Å²) in [6.07, 6.45) is 1.16. The highest BCUT2D eigenvalue weighted by Gasteiger charge is 2.40. The zero-order valence-corrected chi connectivity index (χ0v) is 23.3. The van der Waals surface area contributed by atoms with Gasteiger partial charge >= 0.3 is 11.9 Å². The number of aromatic hydroxyl groups is 5. The molecule has 3 rings (SSSR count). The van der Waals surface area contributed by atoms with E-state index < -0.39 is 65.0 Å². The molecule has 1 aliphatic rings. The number of carboxylic acid groups (broad SMARTS) is 2. The van der Waals surface area contributed by atoms with Gasteiger partial charge in [0.1, 0.15) is 34.9 Å². The molecule has 2 aromatic carbocycles. The lowest BCUT2D eigenvalue weighted by Crippen LogP contribution is -2.36. The highest BCUT2D eigenvalue weighted by molar-refractivity contribution is 6.05. The second-order valence-electron chi connectivity index (χ2n) is 9.52. The van der Waals surface area contributed by atoms with E-state index in [0.717, 1.165) is 43.9 Å². The van der Waals surface area contributed by atoms with Crippen molar-refractivity contribution >= 4 is 17.7 Å². The van der Waals surface area contributed by atoms with Gasteiger partial charge in [0.2, 0.25) is 11.5 Å². The fraction of sp³-hybridized carbons (Fsp3) is 0.444. The second-order valence-corrected chi connectivity index (χ2v) is 9.52. The van der Waals surface area contributed by atoms with E-state index in [1.165, 1.54) is 6.07 Å². The van der Waals surface area contributed by atoms with Gasteiger partial charge in [-0.05, 0) is 50.9 Å². The van der Waals surface area contributed by atoms with E-state index in [2.05, 4.69) is 0 Å². The smallest absolute Gasteiger partial charge is 0.320 e. The minimum absolute atomic E-state index is 0.144. The van der Waals surface area contributed by atoms with Gasteiger partial charge in [-0.3, -0.25) is 14.4 Å². The maximum absolute atomic E-state index is 12.2. The third kappa shape index (κ3) is 10.8. The molecule has 4 atom stereocenters. The zero-order valence-electron chi connectivity index (χ0n) is 23.3. The van der Waals surface area contributed by atoms with Crippen molar-refractivity contribution in [2.75, 3.05) is 13.1 Å². The van der Waals surface area contributed by atoms with E-state index in [1.54, 1.807) is 0 Å². The average molecular weight is 613 g/mol. The van der Waals surface area contributed by atoms with Crippen LogP contribution in [0.3, 0.4) is 0 Å². The highest BCUT2D eigenvalue weighted by Crippen LogP contribution is 2.46. The Morgan fingerprint density at radius 2 is 1.30 bits per heavy atom.